The van der Waals surface area contributed by atoms with E-state index in [0.717, 1.165) is 16.3 Å². The number of nitro groups is 1. The van der Waals surface area contributed by atoms with Crippen molar-refractivity contribution in [2.24, 2.45) is 0 Å². The molecule has 1 aliphatic heterocycles. The molecule has 0 fully saturated rings. The zero-order valence-electron chi connectivity index (χ0n) is 13.6. The van der Waals surface area contributed by atoms with Crippen molar-refractivity contribution in [2.45, 2.75) is 0 Å². The SMILES string of the molecule is O=C1OC(c2ccc3ccccc3c2)=C/C1=C/c1cccc([N+](=O)[O-])c1. The molecule has 5 nitrogen and oxygen atoms in total. The summed E-state index contributed by atoms with van der Waals surface area (Å²) in [6.07, 6.45) is 3.24. The number of nitrogens with zero attached hydrogens (tertiary/aromatic N) is 1. The molecule has 3 aromatic rings. The van der Waals surface area contributed by atoms with E-state index in [1.54, 1.807) is 24.3 Å². The predicted octanol–water partition coefficient (Wildman–Crippen LogP) is 4.73. The third-order valence-corrected chi connectivity index (χ3v) is 4.16. The van der Waals surface area contributed by atoms with Crippen LogP contribution in [0.15, 0.2) is 78.4 Å². The summed E-state index contributed by atoms with van der Waals surface area (Å²) in [7, 11) is 0. The lowest BCUT2D eigenvalue weighted by Crippen LogP contribution is -1.97. The average molecular weight is 343 g/mol. The van der Waals surface area contributed by atoms with Gasteiger partial charge in [-0.15, -0.1) is 0 Å². The Morgan fingerprint density at radius 2 is 1.73 bits per heavy atom. The minimum atomic E-state index is -0.473. The molecule has 0 spiro atoms. The Hall–Kier alpha value is -3.73. The third-order valence-electron chi connectivity index (χ3n) is 4.16. The fourth-order valence-corrected chi connectivity index (χ4v) is 2.88. The minimum absolute atomic E-state index is 0.0237. The second-order valence-corrected chi connectivity index (χ2v) is 5.91. The highest BCUT2D eigenvalue weighted by atomic mass is 16.6. The molecule has 0 aliphatic carbocycles. The Labute approximate surface area is 149 Å². The van der Waals surface area contributed by atoms with E-state index in [2.05, 4.69) is 0 Å². The van der Waals surface area contributed by atoms with E-state index in [4.69, 9.17) is 4.74 Å². The molecule has 26 heavy (non-hydrogen) atoms. The maximum atomic E-state index is 12.2. The van der Waals surface area contributed by atoms with Crippen molar-refractivity contribution in [3.8, 4) is 0 Å². The lowest BCUT2D eigenvalue weighted by atomic mass is 10.1. The van der Waals surface area contributed by atoms with Crippen LogP contribution in [-0.2, 0) is 9.53 Å². The largest absolute Gasteiger partial charge is 0.422 e. The van der Waals surface area contributed by atoms with Gasteiger partial charge in [0.2, 0.25) is 0 Å². The van der Waals surface area contributed by atoms with Gasteiger partial charge in [-0.1, -0.05) is 48.5 Å². The van der Waals surface area contributed by atoms with Crippen molar-refractivity contribution in [2.75, 3.05) is 0 Å². The number of cyclic esters (lactones) is 1. The second kappa shape index (κ2) is 6.29. The summed E-state index contributed by atoms with van der Waals surface area (Å²) < 4.78 is 5.38. The molecule has 3 aromatic carbocycles. The van der Waals surface area contributed by atoms with E-state index < -0.39 is 10.9 Å². The van der Waals surface area contributed by atoms with E-state index in [1.807, 2.05) is 42.5 Å². The van der Waals surface area contributed by atoms with Gasteiger partial charge in [-0.05, 0) is 34.6 Å². The number of rotatable bonds is 3. The molecule has 0 saturated heterocycles. The van der Waals surface area contributed by atoms with Gasteiger partial charge in [-0.3, -0.25) is 10.1 Å². The summed E-state index contributed by atoms with van der Waals surface area (Å²) in [5, 5.41) is 13.0. The Bertz CT molecular complexity index is 1110. The fraction of sp³-hybridized carbons (Fsp3) is 0. The van der Waals surface area contributed by atoms with Crippen molar-refractivity contribution < 1.29 is 14.5 Å². The summed E-state index contributed by atoms with van der Waals surface area (Å²) in [6.45, 7) is 0. The first-order valence-corrected chi connectivity index (χ1v) is 7.99. The van der Waals surface area contributed by atoms with E-state index in [1.165, 1.54) is 12.1 Å². The first kappa shape index (κ1) is 15.8. The van der Waals surface area contributed by atoms with Crippen LogP contribution in [0.3, 0.4) is 0 Å². The first-order valence-electron chi connectivity index (χ1n) is 7.99. The summed E-state index contributed by atoms with van der Waals surface area (Å²) in [6, 6.07) is 19.9. The topological polar surface area (TPSA) is 69.4 Å². The summed E-state index contributed by atoms with van der Waals surface area (Å²) >= 11 is 0. The molecule has 0 N–H and O–H groups in total. The molecule has 0 bridgehead atoms. The Morgan fingerprint density at radius 1 is 0.923 bits per heavy atom. The van der Waals surface area contributed by atoms with Gasteiger partial charge in [0.25, 0.3) is 5.69 Å². The van der Waals surface area contributed by atoms with Crippen LogP contribution in [0.4, 0.5) is 5.69 Å². The molecule has 0 amide bonds. The summed E-state index contributed by atoms with van der Waals surface area (Å²) in [4.78, 5) is 22.6. The number of carbonyl (C=O) groups excluding carboxylic acids is 1. The molecule has 0 aromatic heterocycles. The number of nitro benzene ring substituents is 1. The maximum absolute atomic E-state index is 12.2. The summed E-state index contributed by atoms with van der Waals surface area (Å²) in [5.74, 6) is -0.00269. The number of non-ortho nitro benzene ring substituents is 1. The van der Waals surface area contributed by atoms with Crippen LogP contribution in [0.25, 0.3) is 22.6 Å². The second-order valence-electron chi connectivity index (χ2n) is 5.91. The Kier molecular flexibility index (Phi) is 3.82. The minimum Gasteiger partial charge on any atom is -0.422 e. The number of ether oxygens (including phenoxy) is 1. The van der Waals surface area contributed by atoms with Crippen LogP contribution in [0.5, 0.6) is 0 Å². The molecular formula is C21H13NO4. The molecule has 0 saturated carbocycles. The number of hydrogen-bond donors (Lipinski definition) is 0. The van der Waals surface area contributed by atoms with Crippen LogP contribution in [-0.4, -0.2) is 10.9 Å². The van der Waals surface area contributed by atoms with E-state index in [-0.39, 0.29) is 5.69 Å². The van der Waals surface area contributed by atoms with Crippen molar-refractivity contribution in [3.63, 3.8) is 0 Å². The zero-order valence-corrected chi connectivity index (χ0v) is 13.6. The summed E-state index contributed by atoms with van der Waals surface area (Å²) in [5.41, 5.74) is 1.71. The van der Waals surface area contributed by atoms with Gasteiger partial charge in [-0.25, -0.2) is 4.79 Å². The Balaban J connectivity index is 1.70. The number of benzene rings is 3. The van der Waals surface area contributed by atoms with E-state index in [9.17, 15) is 14.9 Å². The van der Waals surface area contributed by atoms with Gasteiger partial charge in [-0.2, -0.15) is 0 Å². The Morgan fingerprint density at radius 3 is 2.54 bits per heavy atom. The third kappa shape index (κ3) is 2.98. The van der Waals surface area contributed by atoms with Gasteiger partial charge >= 0.3 is 5.97 Å². The zero-order chi connectivity index (χ0) is 18.1. The normalized spacial score (nSPS) is 15.2. The first-order chi connectivity index (χ1) is 12.6. The van der Waals surface area contributed by atoms with Crippen LogP contribution in [0.1, 0.15) is 11.1 Å². The number of esters is 1. The molecule has 0 unspecified atom stereocenters. The maximum Gasteiger partial charge on any atom is 0.343 e. The molecule has 1 heterocycles. The van der Waals surface area contributed by atoms with Gasteiger partial charge < -0.3 is 4.74 Å². The number of hydrogen-bond acceptors (Lipinski definition) is 4. The van der Waals surface area contributed by atoms with Gasteiger partial charge in [0, 0.05) is 17.7 Å². The molecule has 1 aliphatic rings. The number of carbonyl (C=O) groups is 1. The van der Waals surface area contributed by atoms with Gasteiger partial charge in [0.1, 0.15) is 5.76 Å². The number of fused-ring (bicyclic) bond motifs is 1. The van der Waals surface area contributed by atoms with Crippen LogP contribution >= 0.6 is 0 Å². The molecule has 0 radical (unpaired) electrons. The van der Waals surface area contributed by atoms with E-state index >= 15 is 0 Å². The van der Waals surface area contributed by atoms with E-state index in [0.29, 0.717) is 16.9 Å². The molecule has 4 rings (SSSR count). The molecule has 126 valence electrons. The molecular weight excluding hydrogens is 330 g/mol. The van der Waals surface area contributed by atoms with Gasteiger partial charge in [0.05, 0.1) is 10.5 Å². The highest BCUT2D eigenvalue weighted by Gasteiger charge is 2.22. The monoisotopic (exact) mass is 343 g/mol. The highest BCUT2D eigenvalue weighted by molar-refractivity contribution is 6.05. The van der Waals surface area contributed by atoms with Crippen LogP contribution in [0, 0.1) is 10.1 Å². The van der Waals surface area contributed by atoms with Crippen LogP contribution in [0.2, 0.25) is 0 Å². The van der Waals surface area contributed by atoms with Gasteiger partial charge in [0.15, 0.2) is 0 Å². The lowest BCUT2D eigenvalue weighted by Gasteiger charge is -2.04. The molecule has 5 heteroatoms. The lowest BCUT2D eigenvalue weighted by molar-refractivity contribution is -0.384. The molecule has 0 atom stereocenters. The van der Waals surface area contributed by atoms with Crippen molar-refractivity contribution in [1.29, 1.82) is 0 Å². The fourth-order valence-electron chi connectivity index (χ4n) is 2.88. The van der Waals surface area contributed by atoms with Crippen LogP contribution < -0.4 is 0 Å². The quantitative estimate of drug-likeness (QED) is 0.298. The standard InChI is InChI=1S/C21H13NO4/c23-21-18(10-14-4-3-7-19(11-14)22(24)25)13-20(26-21)17-9-8-15-5-1-2-6-16(15)12-17/h1-13H/b18-10-. The van der Waals surface area contributed by atoms with Crippen molar-refractivity contribution >= 4 is 34.3 Å². The predicted molar refractivity (Wildman–Crippen MR) is 99.1 cm³/mol. The highest BCUT2D eigenvalue weighted by Crippen LogP contribution is 2.29. The van der Waals surface area contributed by atoms with Crippen molar-refractivity contribution in [3.05, 3.63) is 99.6 Å². The smallest absolute Gasteiger partial charge is 0.343 e. The average Bonchev–Trinajstić information content (AvgIpc) is 3.02. The van der Waals surface area contributed by atoms with Crippen molar-refractivity contribution in [1.82, 2.24) is 0 Å².